The summed E-state index contributed by atoms with van der Waals surface area (Å²) in [5, 5.41) is 13.7. The SMILES string of the molecule is C[C@@H](C#N)CN(C)C(=O)CNC(=O)NCc1ccco1. The van der Waals surface area contributed by atoms with Crippen molar-refractivity contribution in [3.63, 3.8) is 0 Å². The Bertz CT molecular complexity index is 478. The lowest BCUT2D eigenvalue weighted by Crippen LogP contribution is -2.43. The van der Waals surface area contributed by atoms with Crippen LogP contribution < -0.4 is 10.6 Å². The number of nitrogens with zero attached hydrogens (tertiary/aromatic N) is 2. The van der Waals surface area contributed by atoms with Crippen molar-refractivity contribution in [2.75, 3.05) is 20.1 Å². The Balaban J connectivity index is 2.23. The molecular weight excluding hydrogens is 260 g/mol. The van der Waals surface area contributed by atoms with Crippen LogP contribution in [0.4, 0.5) is 4.79 Å². The maximum atomic E-state index is 11.7. The standard InChI is InChI=1S/C13H18N4O3/c1-10(6-14)9-17(2)12(18)8-16-13(19)15-7-11-4-3-5-20-11/h3-5,10H,7-9H2,1-2H3,(H2,15,16,19)/t10-/m0/s1. The molecule has 0 saturated carbocycles. The second-order valence-electron chi connectivity index (χ2n) is 4.42. The summed E-state index contributed by atoms with van der Waals surface area (Å²) < 4.78 is 5.06. The van der Waals surface area contributed by atoms with E-state index in [0.29, 0.717) is 12.3 Å². The molecule has 0 aliphatic heterocycles. The zero-order valence-electron chi connectivity index (χ0n) is 11.5. The highest BCUT2D eigenvalue weighted by molar-refractivity contribution is 5.83. The minimum Gasteiger partial charge on any atom is -0.467 e. The lowest BCUT2D eigenvalue weighted by molar-refractivity contribution is -0.129. The summed E-state index contributed by atoms with van der Waals surface area (Å²) in [6.07, 6.45) is 1.52. The number of carbonyl (C=O) groups excluding carboxylic acids is 2. The maximum absolute atomic E-state index is 11.7. The van der Waals surface area contributed by atoms with E-state index in [1.54, 1.807) is 26.1 Å². The largest absolute Gasteiger partial charge is 0.467 e. The van der Waals surface area contributed by atoms with Crippen LogP contribution in [0.25, 0.3) is 0 Å². The number of likely N-dealkylation sites (N-methyl/N-ethyl adjacent to an activating group) is 1. The molecule has 0 saturated heterocycles. The van der Waals surface area contributed by atoms with Gasteiger partial charge in [0.1, 0.15) is 5.76 Å². The van der Waals surface area contributed by atoms with Crippen LogP contribution in [-0.2, 0) is 11.3 Å². The molecule has 2 N–H and O–H groups in total. The Kier molecular flexibility index (Phi) is 6.10. The third-order valence-corrected chi connectivity index (χ3v) is 2.60. The first-order valence-corrected chi connectivity index (χ1v) is 6.20. The molecule has 0 bridgehead atoms. The number of urea groups is 1. The predicted octanol–water partition coefficient (Wildman–Crippen LogP) is 0.697. The van der Waals surface area contributed by atoms with Crippen molar-refractivity contribution in [1.29, 1.82) is 5.26 Å². The Morgan fingerprint density at radius 1 is 1.50 bits per heavy atom. The highest BCUT2D eigenvalue weighted by atomic mass is 16.3. The van der Waals surface area contributed by atoms with Crippen LogP contribution in [0.3, 0.4) is 0 Å². The molecule has 0 aliphatic carbocycles. The van der Waals surface area contributed by atoms with Crippen molar-refractivity contribution in [3.8, 4) is 6.07 Å². The van der Waals surface area contributed by atoms with Gasteiger partial charge < -0.3 is 20.0 Å². The minimum absolute atomic E-state index is 0.112. The van der Waals surface area contributed by atoms with E-state index in [1.807, 2.05) is 6.07 Å². The average molecular weight is 278 g/mol. The average Bonchev–Trinajstić information content (AvgIpc) is 2.95. The van der Waals surface area contributed by atoms with Gasteiger partial charge in [-0.2, -0.15) is 5.26 Å². The fourth-order valence-corrected chi connectivity index (χ4v) is 1.49. The van der Waals surface area contributed by atoms with E-state index < -0.39 is 6.03 Å². The van der Waals surface area contributed by atoms with Crippen molar-refractivity contribution in [2.24, 2.45) is 5.92 Å². The third-order valence-electron chi connectivity index (χ3n) is 2.60. The van der Waals surface area contributed by atoms with Gasteiger partial charge in [0, 0.05) is 13.6 Å². The monoisotopic (exact) mass is 278 g/mol. The van der Waals surface area contributed by atoms with E-state index in [0.717, 1.165) is 0 Å². The van der Waals surface area contributed by atoms with Crippen molar-refractivity contribution in [1.82, 2.24) is 15.5 Å². The Labute approximate surface area is 117 Å². The predicted molar refractivity (Wildman–Crippen MR) is 71.4 cm³/mol. The molecule has 7 heteroatoms. The van der Waals surface area contributed by atoms with Crippen LogP contribution >= 0.6 is 0 Å². The molecule has 0 radical (unpaired) electrons. The maximum Gasteiger partial charge on any atom is 0.315 e. The Hall–Kier alpha value is -2.49. The molecule has 0 aromatic carbocycles. The molecule has 1 atom stereocenters. The summed E-state index contributed by atoms with van der Waals surface area (Å²) in [5.74, 6) is 0.142. The zero-order chi connectivity index (χ0) is 15.0. The molecule has 1 aromatic heterocycles. The van der Waals surface area contributed by atoms with Crippen LogP contribution in [0, 0.1) is 17.2 Å². The van der Waals surface area contributed by atoms with Crippen LogP contribution in [-0.4, -0.2) is 37.0 Å². The van der Waals surface area contributed by atoms with Gasteiger partial charge in [-0.25, -0.2) is 4.79 Å². The zero-order valence-corrected chi connectivity index (χ0v) is 11.5. The first-order valence-electron chi connectivity index (χ1n) is 6.20. The molecule has 0 aliphatic rings. The molecule has 7 nitrogen and oxygen atoms in total. The number of hydrogen-bond donors (Lipinski definition) is 2. The molecule has 20 heavy (non-hydrogen) atoms. The molecular formula is C13H18N4O3. The molecule has 108 valence electrons. The minimum atomic E-state index is -0.448. The summed E-state index contributed by atoms with van der Waals surface area (Å²) in [6, 6.07) is 5.06. The fourth-order valence-electron chi connectivity index (χ4n) is 1.49. The number of nitrogens with one attached hydrogen (secondary N) is 2. The van der Waals surface area contributed by atoms with Crippen LogP contribution in [0.1, 0.15) is 12.7 Å². The van der Waals surface area contributed by atoms with Crippen LogP contribution in [0.15, 0.2) is 22.8 Å². The lowest BCUT2D eigenvalue weighted by Gasteiger charge is -2.18. The van der Waals surface area contributed by atoms with Gasteiger partial charge in [-0.3, -0.25) is 4.79 Å². The van der Waals surface area contributed by atoms with Crippen molar-refractivity contribution in [3.05, 3.63) is 24.2 Å². The first kappa shape index (κ1) is 15.6. The molecule has 0 unspecified atom stereocenters. The topological polar surface area (TPSA) is 98.4 Å². The molecule has 1 rings (SSSR count). The molecule has 1 heterocycles. The van der Waals surface area contributed by atoms with Gasteiger partial charge >= 0.3 is 6.03 Å². The van der Waals surface area contributed by atoms with Gasteiger partial charge in [-0.1, -0.05) is 0 Å². The smallest absolute Gasteiger partial charge is 0.315 e. The van der Waals surface area contributed by atoms with E-state index in [4.69, 9.17) is 9.68 Å². The molecule has 1 aromatic rings. The summed E-state index contributed by atoms with van der Waals surface area (Å²) in [7, 11) is 1.60. The second kappa shape index (κ2) is 7.84. The van der Waals surface area contributed by atoms with E-state index in [2.05, 4.69) is 10.6 Å². The number of carbonyl (C=O) groups is 2. The summed E-state index contributed by atoms with van der Waals surface area (Å²) in [5.41, 5.74) is 0. The number of rotatable bonds is 6. The van der Waals surface area contributed by atoms with Crippen LogP contribution in [0.5, 0.6) is 0 Å². The van der Waals surface area contributed by atoms with E-state index >= 15 is 0 Å². The normalized spacial score (nSPS) is 11.2. The number of furan rings is 1. The number of hydrogen-bond acceptors (Lipinski definition) is 4. The van der Waals surface area contributed by atoms with Gasteiger partial charge in [0.2, 0.25) is 5.91 Å². The highest BCUT2D eigenvalue weighted by Crippen LogP contribution is 1.98. The number of amides is 3. The highest BCUT2D eigenvalue weighted by Gasteiger charge is 2.13. The van der Waals surface area contributed by atoms with Crippen molar-refractivity contribution >= 4 is 11.9 Å². The Morgan fingerprint density at radius 2 is 2.25 bits per heavy atom. The van der Waals surface area contributed by atoms with Gasteiger partial charge in [0.25, 0.3) is 0 Å². The van der Waals surface area contributed by atoms with Gasteiger partial charge in [0.15, 0.2) is 0 Å². The third kappa shape index (κ3) is 5.44. The summed E-state index contributed by atoms with van der Waals surface area (Å²) >= 11 is 0. The van der Waals surface area contributed by atoms with E-state index in [1.165, 1.54) is 11.2 Å². The number of nitriles is 1. The van der Waals surface area contributed by atoms with Gasteiger partial charge in [-0.05, 0) is 19.1 Å². The van der Waals surface area contributed by atoms with E-state index in [9.17, 15) is 9.59 Å². The fraction of sp³-hybridized carbons (Fsp3) is 0.462. The van der Waals surface area contributed by atoms with E-state index in [-0.39, 0.29) is 24.9 Å². The second-order valence-corrected chi connectivity index (χ2v) is 4.42. The molecule has 0 spiro atoms. The summed E-state index contributed by atoms with van der Waals surface area (Å²) in [4.78, 5) is 24.6. The summed E-state index contributed by atoms with van der Waals surface area (Å²) in [6.45, 7) is 2.21. The van der Waals surface area contributed by atoms with Crippen molar-refractivity contribution < 1.29 is 14.0 Å². The quantitative estimate of drug-likeness (QED) is 0.800. The van der Waals surface area contributed by atoms with Gasteiger partial charge in [0.05, 0.1) is 31.3 Å². The van der Waals surface area contributed by atoms with Gasteiger partial charge in [-0.15, -0.1) is 0 Å². The van der Waals surface area contributed by atoms with Crippen molar-refractivity contribution in [2.45, 2.75) is 13.5 Å². The molecule has 0 fully saturated rings. The first-order chi connectivity index (χ1) is 9.52. The molecule has 3 amide bonds. The van der Waals surface area contributed by atoms with Crippen LogP contribution in [0.2, 0.25) is 0 Å². The Morgan fingerprint density at radius 3 is 2.85 bits per heavy atom. The lowest BCUT2D eigenvalue weighted by atomic mass is 10.2.